The molecule has 0 fully saturated rings. The van der Waals surface area contributed by atoms with Crippen molar-refractivity contribution in [2.45, 2.75) is 39.2 Å². The smallest absolute Gasteiger partial charge is 0.220 e. The third kappa shape index (κ3) is 7.09. The van der Waals surface area contributed by atoms with Gasteiger partial charge < -0.3 is 15.8 Å². The molecule has 5 heteroatoms. The van der Waals surface area contributed by atoms with Gasteiger partial charge in [0.05, 0.1) is 6.61 Å². The summed E-state index contributed by atoms with van der Waals surface area (Å²) in [5.41, 5.74) is 5.64. The predicted octanol–water partition coefficient (Wildman–Crippen LogP) is 2.47. The van der Waals surface area contributed by atoms with Gasteiger partial charge in [-0.3, -0.25) is 4.79 Å². The molecule has 0 saturated heterocycles. The monoisotopic (exact) mass is 296 g/mol. The average molecular weight is 296 g/mol. The summed E-state index contributed by atoms with van der Waals surface area (Å²) >= 11 is 0. The number of ether oxygens (including phenoxy) is 1. The molecule has 1 aromatic rings. The van der Waals surface area contributed by atoms with Gasteiger partial charge in [0.25, 0.3) is 0 Å². The second kappa shape index (κ2) is 9.34. The minimum absolute atomic E-state index is 0.0185. The number of nitrogens with two attached hydrogens (primary N) is 1. The standard InChI is InChI=1S/C16H25FN2O2/c1-12(2)10-13(11-18)19-16(20)8-5-9-21-15-7-4-3-6-14(15)17/h3-4,6-7,12-13H,5,8-11,18H2,1-2H3,(H,19,20). The lowest BCUT2D eigenvalue weighted by Gasteiger charge is -2.18. The van der Waals surface area contributed by atoms with Crippen LogP contribution >= 0.6 is 0 Å². The highest BCUT2D eigenvalue weighted by Gasteiger charge is 2.12. The molecule has 0 spiro atoms. The molecule has 1 rings (SSSR count). The van der Waals surface area contributed by atoms with Gasteiger partial charge in [0.2, 0.25) is 5.91 Å². The fourth-order valence-corrected chi connectivity index (χ4v) is 2.06. The number of para-hydroxylation sites is 1. The topological polar surface area (TPSA) is 64.3 Å². The Kier molecular flexibility index (Phi) is 7.75. The van der Waals surface area contributed by atoms with E-state index in [-0.39, 0.29) is 23.5 Å². The quantitative estimate of drug-likeness (QED) is 0.688. The lowest BCUT2D eigenvalue weighted by molar-refractivity contribution is -0.122. The van der Waals surface area contributed by atoms with E-state index in [4.69, 9.17) is 10.5 Å². The summed E-state index contributed by atoms with van der Waals surface area (Å²) in [5, 5.41) is 2.91. The molecule has 1 aromatic carbocycles. The molecule has 0 radical (unpaired) electrons. The summed E-state index contributed by atoms with van der Waals surface area (Å²) in [6, 6.07) is 6.26. The van der Waals surface area contributed by atoms with Gasteiger partial charge in [-0.05, 0) is 30.9 Å². The summed E-state index contributed by atoms with van der Waals surface area (Å²) in [6.45, 7) is 4.94. The van der Waals surface area contributed by atoms with E-state index >= 15 is 0 Å². The van der Waals surface area contributed by atoms with Gasteiger partial charge in [-0.15, -0.1) is 0 Å². The van der Waals surface area contributed by atoms with Crippen LogP contribution in [0.4, 0.5) is 4.39 Å². The predicted molar refractivity (Wildman–Crippen MR) is 81.6 cm³/mol. The molecule has 1 unspecified atom stereocenters. The van der Waals surface area contributed by atoms with Crippen molar-refractivity contribution in [3.05, 3.63) is 30.1 Å². The molecule has 1 atom stereocenters. The molecule has 0 saturated carbocycles. The number of amides is 1. The number of rotatable bonds is 9. The highest BCUT2D eigenvalue weighted by Crippen LogP contribution is 2.15. The first-order chi connectivity index (χ1) is 10.0. The van der Waals surface area contributed by atoms with Crippen molar-refractivity contribution in [2.24, 2.45) is 11.7 Å². The van der Waals surface area contributed by atoms with Crippen LogP contribution in [0.3, 0.4) is 0 Å². The molecule has 21 heavy (non-hydrogen) atoms. The van der Waals surface area contributed by atoms with Gasteiger partial charge in [0.1, 0.15) is 0 Å². The first kappa shape index (κ1) is 17.4. The second-order valence-corrected chi connectivity index (χ2v) is 5.51. The van der Waals surface area contributed by atoms with E-state index in [2.05, 4.69) is 19.2 Å². The molecular weight excluding hydrogens is 271 g/mol. The molecule has 0 aliphatic rings. The van der Waals surface area contributed by atoms with Crippen molar-refractivity contribution >= 4 is 5.91 Å². The molecule has 3 N–H and O–H groups in total. The molecular formula is C16H25FN2O2. The number of carbonyl (C=O) groups excluding carboxylic acids is 1. The Hall–Kier alpha value is -1.62. The number of hydrogen-bond acceptors (Lipinski definition) is 3. The summed E-state index contributed by atoms with van der Waals surface area (Å²) in [6.07, 6.45) is 1.76. The normalized spacial score (nSPS) is 12.2. The summed E-state index contributed by atoms with van der Waals surface area (Å²) in [7, 11) is 0. The molecule has 0 heterocycles. The maximum atomic E-state index is 13.3. The van der Waals surface area contributed by atoms with Crippen molar-refractivity contribution in [1.29, 1.82) is 0 Å². The zero-order valence-electron chi connectivity index (χ0n) is 12.8. The number of carbonyl (C=O) groups is 1. The van der Waals surface area contributed by atoms with Gasteiger partial charge in [-0.1, -0.05) is 26.0 Å². The van der Waals surface area contributed by atoms with E-state index in [1.54, 1.807) is 18.2 Å². The van der Waals surface area contributed by atoms with Crippen LogP contribution < -0.4 is 15.8 Å². The van der Waals surface area contributed by atoms with E-state index in [0.717, 1.165) is 6.42 Å². The fourth-order valence-electron chi connectivity index (χ4n) is 2.06. The first-order valence-corrected chi connectivity index (χ1v) is 7.39. The van der Waals surface area contributed by atoms with Crippen molar-refractivity contribution in [3.63, 3.8) is 0 Å². The van der Waals surface area contributed by atoms with Crippen LogP contribution in [0.25, 0.3) is 0 Å². The van der Waals surface area contributed by atoms with E-state index in [9.17, 15) is 9.18 Å². The second-order valence-electron chi connectivity index (χ2n) is 5.51. The zero-order chi connectivity index (χ0) is 15.7. The number of benzene rings is 1. The van der Waals surface area contributed by atoms with Crippen LogP contribution in [-0.2, 0) is 4.79 Å². The minimum atomic E-state index is -0.387. The van der Waals surface area contributed by atoms with Gasteiger partial charge >= 0.3 is 0 Å². The molecule has 118 valence electrons. The van der Waals surface area contributed by atoms with E-state index < -0.39 is 0 Å². The van der Waals surface area contributed by atoms with Crippen LogP contribution in [0.1, 0.15) is 33.1 Å². The van der Waals surface area contributed by atoms with Crippen LogP contribution in [0, 0.1) is 11.7 Å². The van der Waals surface area contributed by atoms with Gasteiger partial charge in [-0.25, -0.2) is 4.39 Å². The Bertz CT molecular complexity index is 438. The van der Waals surface area contributed by atoms with Crippen LogP contribution in [0.2, 0.25) is 0 Å². The highest BCUT2D eigenvalue weighted by atomic mass is 19.1. The number of nitrogens with one attached hydrogen (secondary N) is 1. The molecule has 0 aromatic heterocycles. The van der Waals surface area contributed by atoms with E-state index in [0.29, 0.717) is 31.9 Å². The summed E-state index contributed by atoms with van der Waals surface area (Å²) < 4.78 is 18.6. The van der Waals surface area contributed by atoms with Gasteiger partial charge in [-0.2, -0.15) is 0 Å². The molecule has 4 nitrogen and oxygen atoms in total. The molecule has 0 aliphatic carbocycles. The van der Waals surface area contributed by atoms with Crippen molar-refractivity contribution in [1.82, 2.24) is 5.32 Å². The van der Waals surface area contributed by atoms with Crippen LogP contribution in [0.15, 0.2) is 24.3 Å². The third-order valence-corrected chi connectivity index (χ3v) is 3.05. The van der Waals surface area contributed by atoms with Gasteiger partial charge in [0, 0.05) is 19.0 Å². The third-order valence-electron chi connectivity index (χ3n) is 3.05. The highest BCUT2D eigenvalue weighted by molar-refractivity contribution is 5.76. The molecule has 0 aliphatic heterocycles. The average Bonchev–Trinajstić information content (AvgIpc) is 2.44. The van der Waals surface area contributed by atoms with Crippen LogP contribution in [-0.4, -0.2) is 25.1 Å². The lowest BCUT2D eigenvalue weighted by Crippen LogP contribution is -2.41. The Morgan fingerprint density at radius 3 is 2.71 bits per heavy atom. The largest absolute Gasteiger partial charge is 0.491 e. The van der Waals surface area contributed by atoms with Gasteiger partial charge in [0.15, 0.2) is 11.6 Å². The maximum absolute atomic E-state index is 13.3. The van der Waals surface area contributed by atoms with Crippen molar-refractivity contribution in [2.75, 3.05) is 13.2 Å². The summed E-state index contributed by atoms with van der Waals surface area (Å²) in [4.78, 5) is 11.8. The Morgan fingerprint density at radius 1 is 1.38 bits per heavy atom. The molecule has 1 amide bonds. The Balaban J connectivity index is 2.23. The van der Waals surface area contributed by atoms with E-state index in [1.807, 2.05) is 0 Å². The number of halogens is 1. The van der Waals surface area contributed by atoms with Crippen LogP contribution in [0.5, 0.6) is 5.75 Å². The van der Waals surface area contributed by atoms with Crippen molar-refractivity contribution < 1.29 is 13.9 Å². The minimum Gasteiger partial charge on any atom is -0.491 e. The first-order valence-electron chi connectivity index (χ1n) is 7.39. The number of hydrogen-bond donors (Lipinski definition) is 2. The maximum Gasteiger partial charge on any atom is 0.220 e. The zero-order valence-corrected chi connectivity index (χ0v) is 12.8. The van der Waals surface area contributed by atoms with E-state index in [1.165, 1.54) is 6.07 Å². The van der Waals surface area contributed by atoms with Crippen molar-refractivity contribution in [3.8, 4) is 5.75 Å². The molecule has 0 bridgehead atoms. The Labute approximate surface area is 125 Å². The summed E-state index contributed by atoms with van der Waals surface area (Å²) in [5.74, 6) is 0.283. The lowest BCUT2D eigenvalue weighted by atomic mass is 10.0. The fraction of sp³-hybridized carbons (Fsp3) is 0.562. The Morgan fingerprint density at radius 2 is 2.10 bits per heavy atom. The SMILES string of the molecule is CC(C)CC(CN)NC(=O)CCCOc1ccccc1F.